The van der Waals surface area contributed by atoms with E-state index in [0.29, 0.717) is 55.5 Å². The van der Waals surface area contributed by atoms with Crippen LogP contribution in [0.4, 0.5) is 0 Å². The van der Waals surface area contributed by atoms with E-state index in [1.165, 1.54) is 195 Å². The lowest BCUT2D eigenvalue weighted by atomic mass is 10.1. The number of benzene rings is 8. The molecule has 0 saturated carbocycles. The Morgan fingerprint density at radius 2 is 0.634 bits per heavy atom. The van der Waals surface area contributed by atoms with Crippen LogP contribution in [0.15, 0.2) is 199 Å². The highest BCUT2D eigenvalue weighted by molar-refractivity contribution is 5.93. The third-order valence-corrected chi connectivity index (χ3v) is 17.2. The van der Waals surface area contributed by atoms with Crippen LogP contribution in [0.3, 0.4) is 0 Å². The topological polar surface area (TPSA) is 868 Å². The lowest BCUT2D eigenvalue weighted by Crippen LogP contribution is -2.42. The number of nitrogens with zero attached hydrogens (tertiary/aromatic N) is 5. The molecule has 0 radical (unpaired) electrons. The van der Waals surface area contributed by atoms with Crippen molar-refractivity contribution in [2.45, 2.75) is 62.6 Å². The number of nitrogens with two attached hydrogens (primary N) is 3. The van der Waals surface area contributed by atoms with Crippen molar-refractivity contribution >= 4 is 108 Å². The van der Waals surface area contributed by atoms with Crippen LogP contribution in [0.1, 0.15) is 61.3 Å². The molecular weight excluding hydrogens is 1880 g/mol. The van der Waals surface area contributed by atoms with Gasteiger partial charge in [0.05, 0.1) is 33.1 Å². The summed E-state index contributed by atoms with van der Waals surface area (Å²) in [5, 5.41) is 233. The number of pyridine rings is 1. The number of likely N-dealkylation sites (N-methyl/N-ethyl adjacent to an activating group) is 2. The molecule has 5 atom stereocenters. The van der Waals surface area contributed by atoms with E-state index in [0.717, 1.165) is 29.2 Å². The van der Waals surface area contributed by atoms with Gasteiger partial charge in [-0.1, -0.05) is 48.5 Å². The number of aliphatic imine (C=N–C) groups is 1. The van der Waals surface area contributed by atoms with Gasteiger partial charge in [0.25, 0.3) is 0 Å². The first-order valence-corrected chi connectivity index (χ1v) is 40.3. The first-order valence-electron chi connectivity index (χ1n) is 40.3. The van der Waals surface area contributed by atoms with Crippen LogP contribution >= 0.6 is 0 Å². The first-order chi connectivity index (χ1) is 66.2. The number of aliphatic hydroxyl groups excluding tert-OH is 1. The number of carboxylic acids is 7. The first kappa shape index (κ1) is 119. The molecule has 49 nitrogen and oxygen atoms in total. The van der Waals surface area contributed by atoms with E-state index in [2.05, 4.69) is 9.98 Å². The van der Waals surface area contributed by atoms with Crippen LogP contribution in [-0.2, 0) is 92.6 Å². The van der Waals surface area contributed by atoms with Gasteiger partial charge in [-0.3, -0.25) is 25.4 Å². The maximum absolute atomic E-state index is 11.8. The number of rotatable bonds is 31. The van der Waals surface area contributed by atoms with Crippen molar-refractivity contribution in [2.24, 2.45) is 22.2 Å². The average molecular weight is 1990 g/mol. The Morgan fingerprint density at radius 3 is 0.796 bits per heavy atom. The van der Waals surface area contributed by atoms with Crippen LogP contribution in [0, 0.1) is 10.8 Å². The zero-order valence-corrected chi connectivity index (χ0v) is 75.9. The Hall–Kier alpha value is -19.2. The maximum atomic E-state index is 11.8. The standard InChI is InChI=1S/4C18H16O8.C7H15NO3.C6H5NO2.C4H11N5.C4H9N3O2/c4*19-12-4-1-10(7-14(12)21)3-6-17(23)26-16(18(24)25)9-11-2-5-13(20)15(22)8-11;1-8(2,3)5-6(9)4-7(10)11;8-6(9)5-2-1-3-7-4-5;1-9(2)4(7)8-3(5)6;1-7(4(5)6)2-3(8)9/h4*1-8,16,19-22H,9H2,(H,24,25);6,9H,4-5H2,1-3H3;1-4H,(H,8,9);1-2H3,(H5,5,6,7,8);2H2,1H3,(H3,5,6)(H,8,9)/p+1/b4*6-3+;;;;/t4*16-;6-;;;/m11111.../s1. The molecular formula is C93H105N10O39+. The van der Waals surface area contributed by atoms with Crippen molar-refractivity contribution < 1.29 is 199 Å². The molecule has 1 heterocycles. The maximum Gasteiger partial charge on any atom is 0.345 e. The van der Waals surface area contributed by atoms with Gasteiger partial charge >= 0.3 is 65.7 Å². The van der Waals surface area contributed by atoms with Crippen molar-refractivity contribution in [3.8, 4) is 92.0 Å². The molecule has 32 N–H and O–H groups in total. The van der Waals surface area contributed by atoms with Crippen molar-refractivity contribution in [1.82, 2.24) is 14.8 Å². The van der Waals surface area contributed by atoms with Gasteiger partial charge in [-0.2, -0.15) is 4.99 Å². The quantitative estimate of drug-likeness (QED) is 0.00516. The molecule has 0 fully saturated rings. The number of aromatic nitrogens is 1. The lowest BCUT2D eigenvalue weighted by Gasteiger charge is -2.25. The number of aromatic hydroxyl groups is 16. The number of hydrogen-bond acceptors (Lipinski definition) is 35. The number of nitrogens with one attached hydrogen (secondary N) is 2. The van der Waals surface area contributed by atoms with Crippen molar-refractivity contribution in [3.63, 3.8) is 0 Å². The zero-order valence-electron chi connectivity index (χ0n) is 75.9. The summed E-state index contributed by atoms with van der Waals surface area (Å²) in [6, 6.07) is 33.7. The molecule has 0 unspecified atom stereocenters. The number of esters is 4. The average Bonchev–Trinajstić information content (AvgIpc) is 0.868. The number of aromatic carboxylic acids is 1. The second-order valence-electron chi connectivity index (χ2n) is 30.1. The minimum Gasteiger partial charge on any atom is -0.504 e. The largest absolute Gasteiger partial charge is 0.504 e. The van der Waals surface area contributed by atoms with Gasteiger partial charge in [0.2, 0.25) is 30.4 Å². The predicted molar refractivity (Wildman–Crippen MR) is 501 cm³/mol. The van der Waals surface area contributed by atoms with E-state index in [9.17, 15) is 155 Å². The predicted octanol–water partition coefficient (Wildman–Crippen LogP) is 5.01. The van der Waals surface area contributed by atoms with Gasteiger partial charge < -0.3 is 173 Å². The zero-order chi connectivity index (χ0) is 108. The summed E-state index contributed by atoms with van der Waals surface area (Å²) in [6.07, 6.45) is 4.19. The molecule has 9 rings (SSSR count). The molecule has 0 amide bonds. The molecule has 1 aromatic heterocycles. The van der Waals surface area contributed by atoms with Crippen LogP contribution in [-0.4, -0.2) is 311 Å². The van der Waals surface area contributed by atoms with E-state index >= 15 is 0 Å². The van der Waals surface area contributed by atoms with Crippen LogP contribution in [0.2, 0.25) is 0 Å². The van der Waals surface area contributed by atoms with Crippen LogP contribution < -0.4 is 17.2 Å². The van der Waals surface area contributed by atoms with Gasteiger partial charge in [0.1, 0.15) is 19.2 Å². The van der Waals surface area contributed by atoms with Gasteiger partial charge in [0, 0.05) is 83.5 Å². The van der Waals surface area contributed by atoms with Crippen LogP contribution in [0.25, 0.3) is 24.3 Å². The monoisotopic (exact) mass is 1990 g/mol. The number of aliphatic carboxylic acids is 6. The van der Waals surface area contributed by atoms with Gasteiger partial charge in [-0.25, -0.2) is 43.2 Å². The summed E-state index contributed by atoms with van der Waals surface area (Å²) in [4.78, 5) is 132. The fraction of sp³-hybridized carbons (Fsp3) is 0.194. The number of guanidine groups is 3. The van der Waals surface area contributed by atoms with Gasteiger partial charge in [-0.05, 0) is 178 Å². The van der Waals surface area contributed by atoms with Crippen molar-refractivity contribution in [3.05, 3.63) is 244 Å². The van der Waals surface area contributed by atoms with Crippen LogP contribution in [0.5, 0.6) is 92.0 Å². The minimum atomic E-state index is -1.50. The van der Waals surface area contributed by atoms with E-state index < -0.39 is 119 Å². The third-order valence-electron chi connectivity index (χ3n) is 17.2. The number of carboxylic acid groups (broad SMARTS) is 7. The highest BCUT2D eigenvalue weighted by Gasteiger charge is 2.28. The highest BCUT2D eigenvalue weighted by Crippen LogP contribution is 2.33. The molecule has 142 heavy (non-hydrogen) atoms. The number of phenols is 16. The number of quaternary nitrogens is 1. The third kappa shape index (κ3) is 48.1. The molecule has 0 bridgehead atoms. The summed E-state index contributed by atoms with van der Waals surface area (Å²) < 4.78 is 20.1. The van der Waals surface area contributed by atoms with Crippen molar-refractivity contribution in [2.75, 3.05) is 55.4 Å². The number of carbonyl (C=O) groups is 11. The molecule has 0 saturated heterocycles. The van der Waals surface area contributed by atoms with Gasteiger partial charge in [-0.15, -0.1) is 0 Å². The highest BCUT2D eigenvalue weighted by atomic mass is 16.6. The normalized spacial score (nSPS) is 11.7. The van der Waals surface area contributed by atoms with E-state index in [1.807, 2.05) is 21.1 Å². The number of phenolic OH excluding ortho intramolecular Hbond substituents is 16. The number of ether oxygens (including phenoxy) is 4. The van der Waals surface area contributed by atoms with E-state index in [4.69, 9.17) is 67.4 Å². The molecule has 0 aliphatic rings. The summed E-state index contributed by atoms with van der Waals surface area (Å²) in [5.74, 6) is -18.1. The molecule has 0 spiro atoms. The molecule has 0 aliphatic heterocycles. The lowest BCUT2D eigenvalue weighted by molar-refractivity contribution is -0.873. The number of carbonyl (C=O) groups excluding carboxylic acids is 4. The SMILES string of the molecule is CN(C)C(N)=NC(=N)N.CN(CC(=O)O)C(=N)N.C[N+](C)(C)C[C@H](O)CC(=O)O.O=C(/C=C/c1ccc(O)c(O)c1)O[C@H](Cc1ccc(O)c(O)c1)C(=O)O.O=C(/C=C/c1ccc(O)c(O)c1)O[C@H](Cc1ccc(O)c(O)c1)C(=O)O.O=C(/C=C/c1ccc(O)c(O)c1)O[C@H](Cc1ccc(O)c(O)c1)C(=O)O.O=C(/C=C/c1ccc(O)c(O)c1)O[C@H](Cc1ccc(O)c(O)c1)C(=O)O.O=C(O)c1cccnc1. The summed E-state index contributed by atoms with van der Waals surface area (Å²) in [7, 11) is 10.6. The molecule has 0 aliphatic carbocycles. The van der Waals surface area contributed by atoms with Crippen molar-refractivity contribution in [1.29, 1.82) is 10.8 Å². The van der Waals surface area contributed by atoms with E-state index in [1.54, 1.807) is 25.1 Å². The Balaban J connectivity index is 0.000000570. The Bertz CT molecular complexity index is 5470. The molecule has 9 aromatic rings. The smallest absolute Gasteiger partial charge is 0.345 e. The Labute approximate surface area is 805 Å². The second kappa shape index (κ2) is 58.8. The number of hydrogen-bond donors (Lipinski definition) is 29. The van der Waals surface area contributed by atoms with E-state index in [-0.39, 0.29) is 131 Å². The minimum absolute atomic E-state index is 0.171. The van der Waals surface area contributed by atoms with Gasteiger partial charge in [0.15, 0.2) is 104 Å². The second-order valence-corrected chi connectivity index (χ2v) is 30.1. The number of aliphatic hydroxyl groups is 1. The fourth-order valence-corrected chi connectivity index (χ4v) is 10.2. The Morgan fingerprint density at radius 1 is 0.380 bits per heavy atom. The molecule has 760 valence electrons. The summed E-state index contributed by atoms with van der Waals surface area (Å²) in [5.41, 5.74) is 18.3. The Kier molecular flexibility index (Phi) is 49.2. The molecule has 8 aromatic carbocycles. The summed E-state index contributed by atoms with van der Waals surface area (Å²) >= 11 is 0. The summed E-state index contributed by atoms with van der Waals surface area (Å²) in [6.45, 7) is 0.238. The molecule has 49 heteroatoms. The fourth-order valence-electron chi connectivity index (χ4n) is 10.2.